The van der Waals surface area contributed by atoms with Crippen LogP contribution < -0.4 is 15.4 Å². The van der Waals surface area contributed by atoms with E-state index in [-0.39, 0.29) is 6.04 Å². The van der Waals surface area contributed by atoms with Gasteiger partial charge in [0.05, 0.1) is 26.0 Å². The first kappa shape index (κ1) is 20.2. The van der Waals surface area contributed by atoms with Crippen LogP contribution in [0.3, 0.4) is 0 Å². The number of rotatable bonds is 8. The predicted octanol–water partition coefficient (Wildman–Crippen LogP) is 2.97. The van der Waals surface area contributed by atoms with Crippen LogP contribution in [0.1, 0.15) is 43.6 Å². The molecule has 7 heteroatoms. The van der Waals surface area contributed by atoms with Crippen LogP contribution in [0.2, 0.25) is 0 Å². The third kappa shape index (κ3) is 5.73. The number of nitrogens with zero attached hydrogens (tertiary/aromatic N) is 3. The first-order valence-electron chi connectivity index (χ1n) is 10.1. The summed E-state index contributed by atoms with van der Waals surface area (Å²) < 4.78 is 10.8. The van der Waals surface area contributed by atoms with Crippen molar-refractivity contribution in [3.8, 4) is 5.88 Å². The molecule has 0 spiro atoms. The first-order chi connectivity index (χ1) is 13.8. The van der Waals surface area contributed by atoms with Crippen molar-refractivity contribution in [2.75, 3.05) is 33.3 Å². The largest absolute Gasteiger partial charge is 0.481 e. The molecule has 0 bridgehead atoms. The highest BCUT2D eigenvalue weighted by Gasteiger charge is 2.24. The van der Waals surface area contributed by atoms with Gasteiger partial charge in [0.2, 0.25) is 5.88 Å². The van der Waals surface area contributed by atoms with E-state index in [1.165, 1.54) is 19.3 Å². The van der Waals surface area contributed by atoms with Gasteiger partial charge in [0.1, 0.15) is 5.76 Å². The average Bonchev–Trinajstić information content (AvgIpc) is 3.28. The average molecular weight is 386 g/mol. The summed E-state index contributed by atoms with van der Waals surface area (Å²) in [5, 5.41) is 6.81. The molecule has 1 aliphatic rings. The number of aromatic nitrogens is 1. The number of ether oxygens (including phenoxy) is 1. The van der Waals surface area contributed by atoms with Gasteiger partial charge in [-0.15, -0.1) is 0 Å². The molecule has 2 N–H and O–H groups in total. The molecule has 28 heavy (non-hydrogen) atoms. The molecular formula is C21H31N5O2. The van der Waals surface area contributed by atoms with Gasteiger partial charge in [-0.2, -0.15) is 0 Å². The zero-order valence-electron chi connectivity index (χ0n) is 16.9. The number of aliphatic imine (C=N–C) groups is 1. The topological polar surface area (TPSA) is 74.9 Å². The lowest BCUT2D eigenvalue weighted by molar-refractivity contribution is 0.146. The fourth-order valence-electron chi connectivity index (χ4n) is 3.45. The Morgan fingerprint density at radius 2 is 2.11 bits per heavy atom. The molecule has 1 unspecified atom stereocenters. The smallest absolute Gasteiger partial charge is 0.212 e. The molecule has 1 saturated heterocycles. The molecule has 7 nitrogen and oxygen atoms in total. The third-order valence-corrected chi connectivity index (χ3v) is 4.94. The third-order valence-electron chi connectivity index (χ3n) is 4.94. The van der Waals surface area contributed by atoms with Gasteiger partial charge in [-0.05, 0) is 50.6 Å². The molecule has 2 aromatic heterocycles. The van der Waals surface area contributed by atoms with Crippen molar-refractivity contribution in [2.24, 2.45) is 4.99 Å². The van der Waals surface area contributed by atoms with Gasteiger partial charge >= 0.3 is 0 Å². The Kier molecular flexibility index (Phi) is 7.72. The minimum Gasteiger partial charge on any atom is -0.481 e. The van der Waals surface area contributed by atoms with Gasteiger partial charge in [-0.1, -0.05) is 12.5 Å². The molecular weight excluding hydrogens is 354 g/mol. The van der Waals surface area contributed by atoms with Gasteiger partial charge in [-0.3, -0.25) is 4.90 Å². The second-order valence-corrected chi connectivity index (χ2v) is 6.91. The second kappa shape index (κ2) is 10.7. The van der Waals surface area contributed by atoms with Gasteiger partial charge in [0, 0.05) is 25.4 Å². The second-order valence-electron chi connectivity index (χ2n) is 6.91. The number of furan rings is 1. The molecule has 2 aromatic rings. The molecule has 3 heterocycles. The monoisotopic (exact) mass is 385 g/mol. The van der Waals surface area contributed by atoms with Crippen molar-refractivity contribution < 1.29 is 9.15 Å². The number of hydrogen-bond donors (Lipinski definition) is 2. The maximum atomic E-state index is 5.73. The van der Waals surface area contributed by atoms with Crippen LogP contribution in [0, 0.1) is 0 Å². The number of nitrogens with one attached hydrogen (secondary N) is 2. The summed E-state index contributed by atoms with van der Waals surface area (Å²) >= 11 is 0. The summed E-state index contributed by atoms with van der Waals surface area (Å²) in [6, 6.07) is 8.07. The summed E-state index contributed by atoms with van der Waals surface area (Å²) in [6.45, 7) is 6.40. The zero-order valence-corrected chi connectivity index (χ0v) is 16.9. The highest BCUT2D eigenvalue weighted by atomic mass is 16.5. The van der Waals surface area contributed by atoms with E-state index in [0.29, 0.717) is 12.4 Å². The van der Waals surface area contributed by atoms with E-state index in [1.807, 2.05) is 18.2 Å². The van der Waals surface area contributed by atoms with Gasteiger partial charge < -0.3 is 19.8 Å². The molecule has 0 aliphatic carbocycles. The van der Waals surface area contributed by atoms with E-state index in [1.54, 1.807) is 19.6 Å². The zero-order chi connectivity index (χ0) is 19.6. The first-order valence-corrected chi connectivity index (χ1v) is 10.1. The number of pyridine rings is 1. The van der Waals surface area contributed by atoms with Gasteiger partial charge in [-0.25, -0.2) is 9.98 Å². The Balaban J connectivity index is 1.63. The Morgan fingerprint density at radius 3 is 2.75 bits per heavy atom. The number of hydrogen-bond acceptors (Lipinski definition) is 5. The van der Waals surface area contributed by atoms with E-state index >= 15 is 0 Å². The van der Waals surface area contributed by atoms with Crippen LogP contribution in [-0.4, -0.2) is 49.1 Å². The molecule has 152 valence electrons. The van der Waals surface area contributed by atoms with E-state index in [2.05, 4.69) is 33.5 Å². The molecule has 0 amide bonds. The fraction of sp³-hybridized carbons (Fsp3) is 0.524. The summed E-state index contributed by atoms with van der Waals surface area (Å²) in [6.07, 6.45) is 7.36. The molecule has 1 aliphatic heterocycles. The molecule has 0 saturated carbocycles. The molecule has 0 radical (unpaired) electrons. The van der Waals surface area contributed by atoms with E-state index in [4.69, 9.17) is 14.1 Å². The standard InChI is InChI=1S/C21H31N5O2/c1-3-22-21(24-15-17-9-10-20(27-2)23-14-17)25-16-18(19-8-7-13-28-19)26-11-5-4-6-12-26/h7-10,13-14,18H,3-6,11-12,15-16H2,1-2H3,(H2,22,24,25). The maximum absolute atomic E-state index is 5.73. The van der Waals surface area contributed by atoms with Crippen LogP contribution in [0.25, 0.3) is 0 Å². The lowest BCUT2D eigenvalue weighted by Gasteiger charge is -2.33. The highest BCUT2D eigenvalue weighted by molar-refractivity contribution is 5.79. The number of piperidine rings is 1. The summed E-state index contributed by atoms with van der Waals surface area (Å²) in [5.41, 5.74) is 1.04. The summed E-state index contributed by atoms with van der Waals surface area (Å²) in [4.78, 5) is 11.4. The number of likely N-dealkylation sites (tertiary alicyclic amines) is 1. The lowest BCUT2D eigenvalue weighted by atomic mass is 10.1. The van der Waals surface area contributed by atoms with Crippen molar-refractivity contribution in [1.82, 2.24) is 20.5 Å². The summed E-state index contributed by atoms with van der Waals surface area (Å²) in [5.74, 6) is 2.41. The Labute approximate surface area is 167 Å². The van der Waals surface area contributed by atoms with E-state index in [9.17, 15) is 0 Å². The predicted molar refractivity (Wildman–Crippen MR) is 110 cm³/mol. The van der Waals surface area contributed by atoms with E-state index < -0.39 is 0 Å². The van der Waals surface area contributed by atoms with Crippen molar-refractivity contribution >= 4 is 5.96 Å². The van der Waals surface area contributed by atoms with Crippen molar-refractivity contribution in [3.63, 3.8) is 0 Å². The minimum atomic E-state index is 0.210. The Bertz CT molecular complexity index is 709. The van der Waals surface area contributed by atoms with Crippen LogP contribution >= 0.6 is 0 Å². The summed E-state index contributed by atoms with van der Waals surface area (Å²) in [7, 11) is 1.62. The molecule has 1 atom stereocenters. The Hall–Kier alpha value is -2.54. The number of guanidine groups is 1. The van der Waals surface area contributed by atoms with Crippen LogP contribution in [0.5, 0.6) is 5.88 Å². The Morgan fingerprint density at radius 1 is 1.25 bits per heavy atom. The fourth-order valence-corrected chi connectivity index (χ4v) is 3.45. The number of methoxy groups -OCH3 is 1. The van der Waals surface area contributed by atoms with Gasteiger partial charge in [0.25, 0.3) is 0 Å². The molecule has 3 rings (SSSR count). The normalized spacial score (nSPS) is 16.6. The van der Waals surface area contributed by atoms with Crippen molar-refractivity contribution in [2.45, 2.75) is 38.8 Å². The van der Waals surface area contributed by atoms with Crippen LogP contribution in [-0.2, 0) is 6.54 Å². The quantitative estimate of drug-likeness (QED) is 0.538. The van der Waals surface area contributed by atoms with E-state index in [0.717, 1.165) is 43.5 Å². The van der Waals surface area contributed by atoms with Crippen molar-refractivity contribution in [3.05, 3.63) is 48.0 Å². The minimum absolute atomic E-state index is 0.210. The van der Waals surface area contributed by atoms with Crippen LogP contribution in [0.4, 0.5) is 0 Å². The van der Waals surface area contributed by atoms with Gasteiger partial charge in [0.15, 0.2) is 5.96 Å². The maximum Gasteiger partial charge on any atom is 0.212 e. The molecule has 1 fully saturated rings. The van der Waals surface area contributed by atoms with Crippen LogP contribution in [0.15, 0.2) is 46.1 Å². The highest BCUT2D eigenvalue weighted by Crippen LogP contribution is 2.24. The SMILES string of the molecule is CCNC(=NCc1ccc(OC)nc1)NCC(c1ccco1)N1CCCCC1. The van der Waals surface area contributed by atoms with Crippen molar-refractivity contribution in [1.29, 1.82) is 0 Å². The lowest BCUT2D eigenvalue weighted by Crippen LogP contribution is -2.44. The molecule has 0 aromatic carbocycles.